The molecule has 10 nitrogen and oxygen atoms in total. The van der Waals surface area contributed by atoms with Crippen LogP contribution in [0.2, 0.25) is 0 Å². The van der Waals surface area contributed by atoms with Crippen molar-refractivity contribution in [1.82, 2.24) is 14.8 Å². The molecule has 2 aliphatic heterocycles. The molecule has 3 aromatic carbocycles. The summed E-state index contributed by atoms with van der Waals surface area (Å²) in [6.45, 7) is -0.0911. The van der Waals surface area contributed by atoms with Crippen LogP contribution in [0.1, 0.15) is 27.9 Å². The highest BCUT2D eigenvalue weighted by Gasteiger charge is 2.42. The van der Waals surface area contributed by atoms with Gasteiger partial charge in [0.2, 0.25) is 11.8 Å². The summed E-state index contributed by atoms with van der Waals surface area (Å²) in [5.41, 5.74) is 2.81. The number of aliphatic hydroxyl groups is 1. The van der Waals surface area contributed by atoms with Crippen molar-refractivity contribution >= 4 is 34.3 Å². The summed E-state index contributed by atoms with van der Waals surface area (Å²) in [6, 6.07) is 15.1. The minimum absolute atomic E-state index is 0.0159. The molecule has 228 valence electrons. The van der Waals surface area contributed by atoms with Crippen molar-refractivity contribution < 1.29 is 33.4 Å². The summed E-state index contributed by atoms with van der Waals surface area (Å²) >= 11 is 0. The summed E-state index contributed by atoms with van der Waals surface area (Å²) in [4.78, 5) is 44.3. The first-order valence-electron chi connectivity index (χ1n) is 14.3. The average Bonchev–Trinajstić information content (AvgIpc) is 3.59. The number of rotatable bonds is 7. The van der Waals surface area contributed by atoms with Gasteiger partial charge in [0.25, 0.3) is 5.91 Å². The Labute approximate surface area is 253 Å². The maximum atomic E-state index is 14.7. The molecule has 0 spiro atoms. The molecule has 11 heteroatoms. The Kier molecular flexibility index (Phi) is 7.73. The number of halogens is 1. The maximum Gasteiger partial charge on any atom is 0.256 e. The van der Waals surface area contributed by atoms with Crippen molar-refractivity contribution in [1.29, 1.82) is 0 Å². The van der Waals surface area contributed by atoms with E-state index in [1.54, 1.807) is 36.5 Å². The maximum absolute atomic E-state index is 14.7. The molecule has 1 saturated heterocycles. The normalized spacial score (nSPS) is 19.7. The van der Waals surface area contributed by atoms with Gasteiger partial charge in [0, 0.05) is 55.2 Å². The third-order valence-electron chi connectivity index (χ3n) is 8.44. The molecule has 6 rings (SSSR count). The number of para-hydroxylation sites is 1. The van der Waals surface area contributed by atoms with Crippen LogP contribution in [0.25, 0.3) is 10.9 Å². The molecule has 0 bridgehead atoms. The number of hydrogen-bond acceptors (Lipinski definition) is 6. The van der Waals surface area contributed by atoms with Crippen LogP contribution in [-0.4, -0.2) is 71.2 Å². The monoisotopic (exact) mass is 600 g/mol. The molecule has 0 saturated carbocycles. The summed E-state index contributed by atoms with van der Waals surface area (Å²) < 4.78 is 27.5. The van der Waals surface area contributed by atoms with Crippen LogP contribution >= 0.6 is 0 Å². The molecular formula is C33H33FN4O6. The molecule has 2 N–H and O–H groups in total. The van der Waals surface area contributed by atoms with E-state index in [4.69, 9.17) is 9.47 Å². The molecule has 3 amide bonds. The lowest BCUT2D eigenvalue weighted by molar-refractivity contribution is -0.130. The third kappa shape index (κ3) is 5.13. The van der Waals surface area contributed by atoms with E-state index >= 15 is 0 Å². The number of amides is 3. The van der Waals surface area contributed by atoms with Crippen LogP contribution in [0.5, 0.6) is 11.5 Å². The highest BCUT2D eigenvalue weighted by atomic mass is 19.1. The van der Waals surface area contributed by atoms with Gasteiger partial charge in [-0.2, -0.15) is 0 Å². The molecular weight excluding hydrogens is 567 g/mol. The van der Waals surface area contributed by atoms with Gasteiger partial charge in [-0.15, -0.1) is 0 Å². The molecule has 3 heterocycles. The van der Waals surface area contributed by atoms with Crippen molar-refractivity contribution in [2.75, 3.05) is 25.7 Å². The number of nitrogens with zero attached hydrogens (tertiary/aromatic N) is 3. The lowest BCUT2D eigenvalue weighted by Gasteiger charge is -2.36. The van der Waals surface area contributed by atoms with Crippen LogP contribution in [0.3, 0.4) is 0 Å². The number of β-amino-alcohol motifs (C(OH)–C–C–N with tert-alkyl or cyclic N) is 1. The zero-order valence-corrected chi connectivity index (χ0v) is 24.6. The highest BCUT2D eigenvalue weighted by Crippen LogP contribution is 2.39. The second-order valence-electron chi connectivity index (χ2n) is 11.2. The number of carbonyl (C=O) groups excluding carboxylic acids is 3. The van der Waals surface area contributed by atoms with E-state index in [-0.39, 0.29) is 31.8 Å². The fourth-order valence-electron chi connectivity index (χ4n) is 6.23. The van der Waals surface area contributed by atoms with Crippen LogP contribution in [0.4, 0.5) is 10.1 Å². The quantitative estimate of drug-likeness (QED) is 0.337. The number of carbonyl (C=O) groups is 3. The second-order valence-corrected chi connectivity index (χ2v) is 11.2. The number of methoxy groups -OCH3 is 2. The fourth-order valence-corrected chi connectivity index (χ4v) is 6.23. The summed E-state index contributed by atoms with van der Waals surface area (Å²) in [5, 5.41) is 14.1. The number of benzene rings is 3. The van der Waals surface area contributed by atoms with E-state index in [2.05, 4.69) is 5.32 Å². The van der Waals surface area contributed by atoms with E-state index in [0.29, 0.717) is 33.9 Å². The summed E-state index contributed by atoms with van der Waals surface area (Å²) in [6.07, 6.45) is 0.989. The Morgan fingerprint density at radius 1 is 1.05 bits per heavy atom. The van der Waals surface area contributed by atoms with Gasteiger partial charge in [0.05, 0.1) is 38.1 Å². The molecule has 2 aliphatic rings. The van der Waals surface area contributed by atoms with Crippen molar-refractivity contribution in [2.45, 2.75) is 37.6 Å². The predicted molar refractivity (Wildman–Crippen MR) is 161 cm³/mol. The zero-order valence-electron chi connectivity index (χ0n) is 24.6. The summed E-state index contributed by atoms with van der Waals surface area (Å²) in [7, 11) is 4.83. The van der Waals surface area contributed by atoms with Gasteiger partial charge in [-0.05, 0) is 23.8 Å². The number of hydrogen-bond donors (Lipinski definition) is 2. The van der Waals surface area contributed by atoms with E-state index in [9.17, 15) is 23.9 Å². The van der Waals surface area contributed by atoms with E-state index in [1.165, 1.54) is 30.1 Å². The number of anilines is 1. The minimum atomic E-state index is -1.01. The molecule has 3 atom stereocenters. The fraction of sp³-hybridized carbons (Fsp3) is 0.303. The molecule has 1 fully saturated rings. The zero-order chi connectivity index (χ0) is 31.1. The minimum Gasteiger partial charge on any atom is -0.493 e. The number of fused-ring (bicyclic) bond motifs is 2. The topological polar surface area (TPSA) is 113 Å². The molecule has 0 radical (unpaired) electrons. The number of ether oxygens (including phenoxy) is 2. The predicted octanol–water partition coefficient (Wildman–Crippen LogP) is 3.18. The van der Waals surface area contributed by atoms with Gasteiger partial charge in [-0.25, -0.2) is 4.39 Å². The third-order valence-corrected chi connectivity index (χ3v) is 8.44. The van der Waals surface area contributed by atoms with Gasteiger partial charge in [0.15, 0.2) is 11.5 Å². The van der Waals surface area contributed by atoms with Crippen molar-refractivity contribution in [2.24, 2.45) is 7.05 Å². The van der Waals surface area contributed by atoms with E-state index in [0.717, 1.165) is 10.9 Å². The number of aryl methyl sites for hydroxylation is 1. The largest absolute Gasteiger partial charge is 0.493 e. The van der Waals surface area contributed by atoms with Crippen LogP contribution in [-0.2, 0) is 29.6 Å². The van der Waals surface area contributed by atoms with Gasteiger partial charge < -0.3 is 34.3 Å². The lowest BCUT2D eigenvalue weighted by atomic mass is 9.95. The molecule has 1 aromatic heterocycles. The molecule has 3 unspecified atom stereocenters. The van der Waals surface area contributed by atoms with Crippen molar-refractivity contribution in [3.8, 4) is 11.5 Å². The van der Waals surface area contributed by atoms with Crippen molar-refractivity contribution in [3.63, 3.8) is 0 Å². The van der Waals surface area contributed by atoms with Crippen molar-refractivity contribution in [3.05, 3.63) is 89.4 Å². The number of likely N-dealkylation sites (tertiary alicyclic amines) is 1. The van der Waals surface area contributed by atoms with E-state index < -0.39 is 35.8 Å². The number of nitrogens with one attached hydrogen (secondary N) is 1. The van der Waals surface area contributed by atoms with Gasteiger partial charge in [-0.1, -0.05) is 36.4 Å². The van der Waals surface area contributed by atoms with Crippen LogP contribution in [0.15, 0.2) is 66.9 Å². The lowest BCUT2D eigenvalue weighted by Crippen LogP contribution is -2.56. The second kappa shape index (κ2) is 11.6. The Morgan fingerprint density at radius 2 is 1.75 bits per heavy atom. The first-order chi connectivity index (χ1) is 21.2. The molecule has 44 heavy (non-hydrogen) atoms. The standard InChI is InChI=1S/C33H33FN4O6/c1-36-18-23(22-9-5-7-11-26(22)36)32(41)38-17-21(39)14-28(38)31(40)35-25-12-20-13-29(43-2)30(44-3)15-27(20)37(33(25)42)16-19-8-4-6-10-24(19)34/h4-11,13,15,18,21,25,28,39H,12,14,16-17H2,1-3H3,(H,35,40). The van der Waals surface area contributed by atoms with Crippen LogP contribution < -0.4 is 19.7 Å². The Bertz CT molecular complexity index is 1770. The summed E-state index contributed by atoms with van der Waals surface area (Å²) in [5.74, 6) is -0.979. The Balaban J connectivity index is 1.30. The SMILES string of the molecule is COc1cc2c(cc1OC)N(Cc1ccccc1F)C(=O)C(NC(=O)C1CC(O)CN1C(=O)c1cn(C)c3ccccc13)C2. The van der Waals surface area contributed by atoms with E-state index in [1.807, 2.05) is 35.9 Å². The Hall–Kier alpha value is -4.90. The van der Waals surface area contributed by atoms with Gasteiger partial charge in [0.1, 0.15) is 17.9 Å². The average molecular weight is 601 g/mol. The highest BCUT2D eigenvalue weighted by molar-refractivity contribution is 6.09. The first kappa shape index (κ1) is 29.2. The number of aromatic nitrogens is 1. The molecule has 0 aliphatic carbocycles. The number of aliphatic hydroxyl groups excluding tert-OH is 1. The molecule has 4 aromatic rings. The van der Waals surface area contributed by atoms with Gasteiger partial charge >= 0.3 is 0 Å². The van der Waals surface area contributed by atoms with Crippen LogP contribution in [0, 0.1) is 5.82 Å². The first-order valence-corrected chi connectivity index (χ1v) is 14.3. The Morgan fingerprint density at radius 3 is 2.50 bits per heavy atom. The van der Waals surface area contributed by atoms with Gasteiger partial charge in [-0.3, -0.25) is 14.4 Å². The smallest absolute Gasteiger partial charge is 0.256 e.